The van der Waals surface area contributed by atoms with Crippen molar-refractivity contribution < 1.29 is 4.74 Å². The highest BCUT2D eigenvalue weighted by Crippen LogP contribution is 2.25. The summed E-state index contributed by atoms with van der Waals surface area (Å²) in [4.78, 5) is 5.43. The molecule has 0 aliphatic rings. The Labute approximate surface area is 112 Å². The second-order valence-corrected chi connectivity index (χ2v) is 4.61. The normalized spacial score (nSPS) is 10.1. The first-order chi connectivity index (χ1) is 8.83. The van der Waals surface area contributed by atoms with Crippen molar-refractivity contribution >= 4 is 17.4 Å². The van der Waals surface area contributed by atoms with Gasteiger partial charge >= 0.3 is 0 Å². The van der Waals surface area contributed by atoms with Crippen LogP contribution in [-0.2, 0) is 6.54 Å². The van der Waals surface area contributed by atoms with Crippen molar-refractivity contribution in [3.8, 4) is 5.88 Å². The van der Waals surface area contributed by atoms with Crippen LogP contribution in [0.2, 0.25) is 0 Å². The fraction of sp³-hybridized carbons (Fsp3) is 0.214. The lowest BCUT2D eigenvalue weighted by Crippen LogP contribution is -2.01. The number of para-hydroxylation sites is 1. The molecule has 0 saturated carbocycles. The number of benzene rings is 1. The molecular weight excluding hydrogens is 244 g/mol. The zero-order valence-electron chi connectivity index (χ0n) is 10.5. The summed E-state index contributed by atoms with van der Waals surface area (Å²) in [5.41, 5.74) is 2.28. The third kappa shape index (κ3) is 3.17. The second-order valence-electron chi connectivity index (χ2n) is 3.76. The number of nitrogens with one attached hydrogen (secondary N) is 1. The van der Waals surface area contributed by atoms with Gasteiger partial charge in [0.1, 0.15) is 0 Å². The van der Waals surface area contributed by atoms with Crippen molar-refractivity contribution in [3.05, 3.63) is 48.2 Å². The number of anilines is 1. The van der Waals surface area contributed by atoms with Crippen LogP contribution in [0.15, 0.2) is 47.5 Å². The zero-order chi connectivity index (χ0) is 12.8. The molecule has 0 amide bonds. The van der Waals surface area contributed by atoms with Crippen LogP contribution in [-0.4, -0.2) is 18.3 Å². The van der Waals surface area contributed by atoms with Gasteiger partial charge in [0.15, 0.2) is 0 Å². The van der Waals surface area contributed by atoms with E-state index in [0.717, 1.165) is 17.8 Å². The summed E-state index contributed by atoms with van der Waals surface area (Å²) < 4.78 is 5.03. The average Bonchev–Trinajstić information content (AvgIpc) is 2.46. The summed E-state index contributed by atoms with van der Waals surface area (Å²) in [5, 5.41) is 3.42. The highest BCUT2D eigenvalue weighted by molar-refractivity contribution is 7.98. The van der Waals surface area contributed by atoms with Crippen LogP contribution < -0.4 is 10.1 Å². The highest BCUT2D eigenvalue weighted by atomic mass is 32.2. The molecule has 0 spiro atoms. The van der Waals surface area contributed by atoms with E-state index in [1.165, 1.54) is 4.90 Å². The van der Waals surface area contributed by atoms with Crippen molar-refractivity contribution in [2.45, 2.75) is 11.4 Å². The molecule has 1 heterocycles. The standard InChI is InChI=1S/C14H16N2OS/c1-17-14-8-7-11(10-16-14)9-15-12-5-3-4-6-13(12)18-2/h3-8,10,15H,9H2,1-2H3. The monoisotopic (exact) mass is 260 g/mol. The van der Waals surface area contributed by atoms with Gasteiger partial charge in [0.25, 0.3) is 0 Å². The van der Waals surface area contributed by atoms with Crippen molar-refractivity contribution in [1.82, 2.24) is 4.98 Å². The van der Waals surface area contributed by atoms with E-state index in [2.05, 4.69) is 28.7 Å². The zero-order valence-corrected chi connectivity index (χ0v) is 11.3. The van der Waals surface area contributed by atoms with E-state index in [4.69, 9.17) is 4.74 Å². The molecule has 0 bridgehead atoms. The Hall–Kier alpha value is -1.68. The molecule has 1 N–H and O–H groups in total. The first kappa shape index (κ1) is 12.8. The number of pyridine rings is 1. The van der Waals surface area contributed by atoms with Crippen molar-refractivity contribution in [2.24, 2.45) is 0 Å². The Kier molecular flexibility index (Phi) is 4.47. The SMILES string of the molecule is COc1ccc(CNc2ccccc2SC)cn1. The van der Waals surface area contributed by atoms with Gasteiger partial charge in [-0.25, -0.2) is 4.98 Å². The summed E-state index contributed by atoms with van der Waals surface area (Å²) in [7, 11) is 1.62. The molecular formula is C14H16N2OS. The number of rotatable bonds is 5. The van der Waals surface area contributed by atoms with Crippen molar-refractivity contribution in [1.29, 1.82) is 0 Å². The van der Waals surface area contributed by atoms with E-state index in [-0.39, 0.29) is 0 Å². The minimum absolute atomic E-state index is 0.642. The molecule has 1 aromatic carbocycles. The lowest BCUT2D eigenvalue weighted by atomic mass is 10.2. The predicted octanol–water partition coefficient (Wildman–Crippen LogP) is 3.42. The summed E-state index contributed by atoms with van der Waals surface area (Å²) in [5.74, 6) is 0.642. The third-order valence-electron chi connectivity index (χ3n) is 2.60. The Morgan fingerprint density at radius 3 is 2.72 bits per heavy atom. The van der Waals surface area contributed by atoms with Crippen LogP contribution in [0.25, 0.3) is 0 Å². The molecule has 94 valence electrons. The summed E-state index contributed by atoms with van der Waals surface area (Å²) in [6.45, 7) is 0.758. The van der Waals surface area contributed by atoms with Crippen molar-refractivity contribution in [2.75, 3.05) is 18.7 Å². The first-order valence-electron chi connectivity index (χ1n) is 5.69. The van der Waals surface area contributed by atoms with Gasteiger partial charge in [0.2, 0.25) is 5.88 Å². The van der Waals surface area contributed by atoms with Gasteiger partial charge in [-0.3, -0.25) is 0 Å². The van der Waals surface area contributed by atoms with Gasteiger partial charge in [-0.2, -0.15) is 0 Å². The van der Waals surface area contributed by atoms with E-state index >= 15 is 0 Å². The molecule has 4 heteroatoms. The van der Waals surface area contributed by atoms with E-state index in [1.54, 1.807) is 18.9 Å². The molecule has 2 rings (SSSR count). The van der Waals surface area contributed by atoms with Crippen LogP contribution in [0.1, 0.15) is 5.56 Å². The van der Waals surface area contributed by atoms with Crippen LogP contribution in [0.3, 0.4) is 0 Å². The molecule has 0 aliphatic heterocycles. The molecule has 0 saturated heterocycles. The maximum Gasteiger partial charge on any atom is 0.212 e. The van der Waals surface area contributed by atoms with Gasteiger partial charge in [0.05, 0.1) is 7.11 Å². The molecule has 0 radical (unpaired) electrons. The molecule has 2 aromatic rings. The molecule has 0 unspecified atom stereocenters. The number of methoxy groups -OCH3 is 1. The van der Waals surface area contributed by atoms with Gasteiger partial charge in [0, 0.05) is 29.4 Å². The molecule has 0 aliphatic carbocycles. The van der Waals surface area contributed by atoms with Crippen LogP contribution in [0, 0.1) is 0 Å². The van der Waals surface area contributed by atoms with Gasteiger partial charge in [-0.15, -0.1) is 11.8 Å². The largest absolute Gasteiger partial charge is 0.481 e. The number of ether oxygens (including phenoxy) is 1. The quantitative estimate of drug-likeness (QED) is 0.835. The van der Waals surface area contributed by atoms with Crippen molar-refractivity contribution in [3.63, 3.8) is 0 Å². The van der Waals surface area contributed by atoms with Crippen LogP contribution in [0.4, 0.5) is 5.69 Å². The lowest BCUT2D eigenvalue weighted by molar-refractivity contribution is 0.397. The Morgan fingerprint density at radius 1 is 1.22 bits per heavy atom. The first-order valence-corrected chi connectivity index (χ1v) is 6.92. The second kappa shape index (κ2) is 6.31. The Bertz CT molecular complexity index is 499. The van der Waals surface area contributed by atoms with E-state index in [1.807, 2.05) is 30.5 Å². The van der Waals surface area contributed by atoms with Crippen LogP contribution >= 0.6 is 11.8 Å². The third-order valence-corrected chi connectivity index (χ3v) is 3.39. The number of aromatic nitrogens is 1. The van der Waals surface area contributed by atoms with Gasteiger partial charge in [-0.1, -0.05) is 18.2 Å². The fourth-order valence-corrected chi connectivity index (χ4v) is 2.20. The van der Waals surface area contributed by atoms with E-state index in [0.29, 0.717) is 5.88 Å². The Balaban J connectivity index is 2.02. The minimum atomic E-state index is 0.642. The molecule has 1 aromatic heterocycles. The van der Waals surface area contributed by atoms with E-state index < -0.39 is 0 Å². The van der Waals surface area contributed by atoms with Gasteiger partial charge < -0.3 is 10.1 Å². The number of nitrogens with zero attached hydrogens (tertiary/aromatic N) is 1. The molecule has 0 fully saturated rings. The fourth-order valence-electron chi connectivity index (χ4n) is 1.62. The van der Waals surface area contributed by atoms with Gasteiger partial charge in [-0.05, 0) is 24.0 Å². The van der Waals surface area contributed by atoms with E-state index in [9.17, 15) is 0 Å². The smallest absolute Gasteiger partial charge is 0.212 e. The summed E-state index contributed by atoms with van der Waals surface area (Å²) in [6, 6.07) is 12.2. The molecule has 0 atom stereocenters. The average molecular weight is 260 g/mol. The number of thioether (sulfide) groups is 1. The lowest BCUT2D eigenvalue weighted by Gasteiger charge is -2.10. The maximum absolute atomic E-state index is 5.03. The minimum Gasteiger partial charge on any atom is -0.481 e. The topological polar surface area (TPSA) is 34.1 Å². The summed E-state index contributed by atoms with van der Waals surface area (Å²) >= 11 is 1.74. The summed E-state index contributed by atoms with van der Waals surface area (Å²) in [6.07, 6.45) is 3.91. The predicted molar refractivity (Wildman–Crippen MR) is 76.3 cm³/mol. The Morgan fingerprint density at radius 2 is 2.06 bits per heavy atom. The highest BCUT2D eigenvalue weighted by Gasteiger charge is 2.00. The molecule has 18 heavy (non-hydrogen) atoms. The van der Waals surface area contributed by atoms with Crippen LogP contribution in [0.5, 0.6) is 5.88 Å². The molecule has 3 nitrogen and oxygen atoms in total. The number of hydrogen-bond acceptors (Lipinski definition) is 4. The maximum atomic E-state index is 5.03. The number of hydrogen-bond donors (Lipinski definition) is 1.